The second kappa shape index (κ2) is 19.3. The van der Waals surface area contributed by atoms with Crippen molar-refractivity contribution in [1.82, 2.24) is 0 Å². The number of carboxylic acids is 3. The molecule has 0 rings (SSSR count). The fourth-order valence-electron chi connectivity index (χ4n) is 5.72. The Bertz CT molecular complexity index is 566. The van der Waals surface area contributed by atoms with E-state index in [0.717, 1.165) is 25.7 Å². The van der Waals surface area contributed by atoms with Crippen LogP contribution in [0.4, 0.5) is 0 Å². The van der Waals surface area contributed by atoms with Gasteiger partial charge in [-0.2, -0.15) is 0 Å². The summed E-state index contributed by atoms with van der Waals surface area (Å²) in [6, 6.07) is -3.18. The van der Waals surface area contributed by atoms with E-state index in [0.29, 0.717) is 6.42 Å². The average molecular weight is 499 g/mol. The minimum atomic E-state index is -1.12. The Balaban J connectivity index is 4.91. The summed E-state index contributed by atoms with van der Waals surface area (Å²) >= 11 is 0. The molecule has 3 atom stereocenters. The van der Waals surface area contributed by atoms with E-state index in [-0.39, 0.29) is 25.8 Å². The van der Waals surface area contributed by atoms with Crippen LogP contribution in [-0.2, 0) is 14.4 Å². The van der Waals surface area contributed by atoms with Crippen molar-refractivity contribution in [2.45, 2.75) is 142 Å². The maximum Gasteiger partial charge on any atom is 0.362 e. The van der Waals surface area contributed by atoms with Gasteiger partial charge in [0.2, 0.25) is 0 Å². The molecule has 0 fully saturated rings. The fraction of sp³-hybridized carbons (Fsp3) is 0.821. The SMILES string of the molecule is C=CCCCCCCCCCCCCCC[N+](C(CC)C(=O)O)(C(CC)C(=O)O)C(CC)C(=O)O. The van der Waals surface area contributed by atoms with Crippen molar-refractivity contribution in [2.24, 2.45) is 0 Å². The molecule has 0 amide bonds. The lowest BCUT2D eigenvalue weighted by Gasteiger charge is -2.49. The van der Waals surface area contributed by atoms with Gasteiger partial charge in [-0.3, -0.25) is 4.48 Å². The lowest BCUT2D eigenvalue weighted by molar-refractivity contribution is -0.973. The summed E-state index contributed by atoms with van der Waals surface area (Å²) in [5, 5.41) is 29.9. The monoisotopic (exact) mass is 498 g/mol. The highest BCUT2D eigenvalue weighted by atomic mass is 16.4. The van der Waals surface area contributed by atoms with Gasteiger partial charge >= 0.3 is 17.9 Å². The second-order valence-corrected chi connectivity index (χ2v) is 9.83. The van der Waals surface area contributed by atoms with Gasteiger partial charge in [0.15, 0.2) is 18.1 Å². The number of quaternary nitrogens is 1. The molecule has 0 heterocycles. The first-order chi connectivity index (χ1) is 16.7. The Labute approximate surface area is 213 Å². The number of nitrogens with zero attached hydrogens (tertiary/aromatic N) is 1. The van der Waals surface area contributed by atoms with Crippen LogP contribution in [0.15, 0.2) is 12.7 Å². The Morgan fingerprint density at radius 2 is 0.886 bits per heavy atom. The molecule has 0 aliphatic carbocycles. The number of aliphatic carboxylic acids is 3. The zero-order valence-corrected chi connectivity index (χ0v) is 22.6. The van der Waals surface area contributed by atoms with Crippen LogP contribution in [0.1, 0.15) is 124 Å². The lowest BCUT2D eigenvalue weighted by atomic mass is 9.93. The molecular formula is C28H52NO6+. The van der Waals surface area contributed by atoms with Crippen LogP contribution in [0.5, 0.6) is 0 Å². The van der Waals surface area contributed by atoms with Gasteiger partial charge in [0.05, 0.1) is 6.54 Å². The minimum absolute atomic E-state index is 0.192. The summed E-state index contributed by atoms with van der Waals surface area (Å²) in [6.07, 6.45) is 17.3. The van der Waals surface area contributed by atoms with Gasteiger partial charge in [-0.15, -0.1) is 6.58 Å². The van der Waals surface area contributed by atoms with Crippen molar-refractivity contribution >= 4 is 17.9 Å². The fourth-order valence-corrected chi connectivity index (χ4v) is 5.72. The van der Waals surface area contributed by atoms with Crippen LogP contribution in [-0.4, -0.2) is 62.4 Å². The van der Waals surface area contributed by atoms with Crippen LogP contribution >= 0.6 is 0 Å². The first kappa shape index (κ1) is 33.1. The van der Waals surface area contributed by atoms with E-state index in [1.165, 1.54) is 51.4 Å². The zero-order valence-electron chi connectivity index (χ0n) is 22.6. The summed E-state index contributed by atoms with van der Waals surface area (Å²) < 4.78 is -0.406. The topological polar surface area (TPSA) is 112 Å². The van der Waals surface area contributed by atoms with Gasteiger partial charge in [0.1, 0.15) is 0 Å². The zero-order chi connectivity index (χ0) is 26.7. The van der Waals surface area contributed by atoms with E-state index in [1.807, 2.05) is 6.08 Å². The Kier molecular flexibility index (Phi) is 18.3. The van der Waals surface area contributed by atoms with Gasteiger partial charge in [0, 0.05) is 19.3 Å². The number of hydrogen-bond donors (Lipinski definition) is 3. The van der Waals surface area contributed by atoms with Crippen molar-refractivity contribution in [3.8, 4) is 0 Å². The molecule has 204 valence electrons. The Hall–Kier alpha value is -1.89. The summed E-state index contributed by atoms with van der Waals surface area (Å²) in [5.74, 6) is -3.35. The molecule has 0 aliphatic rings. The van der Waals surface area contributed by atoms with Gasteiger partial charge < -0.3 is 15.3 Å². The molecule has 0 aromatic rings. The first-order valence-corrected chi connectivity index (χ1v) is 13.9. The molecule has 0 radical (unpaired) electrons. The molecule has 3 unspecified atom stereocenters. The molecule has 7 nitrogen and oxygen atoms in total. The van der Waals surface area contributed by atoms with E-state index in [9.17, 15) is 29.7 Å². The van der Waals surface area contributed by atoms with Crippen molar-refractivity contribution < 1.29 is 34.2 Å². The lowest BCUT2D eigenvalue weighted by Crippen LogP contribution is -2.72. The normalized spacial score (nSPS) is 15.6. The van der Waals surface area contributed by atoms with Gasteiger partial charge in [-0.25, -0.2) is 14.4 Å². The third-order valence-corrected chi connectivity index (χ3v) is 7.46. The number of carboxylic acid groups (broad SMARTS) is 3. The molecule has 0 saturated carbocycles. The maximum absolute atomic E-state index is 12.2. The predicted molar refractivity (Wildman–Crippen MR) is 140 cm³/mol. The van der Waals surface area contributed by atoms with Gasteiger partial charge in [-0.1, -0.05) is 84.6 Å². The van der Waals surface area contributed by atoms with E-state index in [2.05, 4.69) is 6.58 Å². The van der Waals surface area contributed by atoms with Gasteiger partial charge in [-0.05, 0) is 25.7 Å². The minimum Gasteiger partial charge on any atom is -0.477 e. The second-order valence-electron chi connectivity index (χ2n) is 9.83. The van der Waals surface area contributed by atoms with Crippen LogP contribution in [0, 0.1) is 0 Å². The Morgan fingerprint density at radius 3 is 1.14 bits per heavy atom. The predicted octanol–water partition coefficient (Wildman–Crippen LogP) is 6.65. The number of rotatable bonds is 24. The highest BCUT2D eigenvalue weighted by Crippen LogP contribution is 2.32. The first-order valence-electron chi connectivity index (χ1n) is 13.9. The van der Waals surface area contributed by atoms with Crippen molar-refractivity contribution in [3.05, 3.63) is 12.7 Å². The molecule has 0 aromatic carbocycles. The number of allylic oxidation sites excluding steroid dienone is 1. The highest BCUT2D eigenvalue weighted by Gasteiger charge is 2.55. The van der Waals surface area contributed by atoms with Crippen LogP contribution in [0.2, 0.25) is 0 Å². The number of unbranched alkanes of at least 4 members (excludes halogenated alkanes) is 12. The van der Waals surface area contributed by atoms with E-state index in [1.54, 1.807) is 20.8 Å². The van der Waals surface area contributed by atoms with E-state index >= 15 is 0 Å². The van der Waals surface area contributed by atoms with E-state index in [4.69, 9.17) is 0 Å². The third-order valence-electron chi connectivity index (χ3n) is 7.46. The molecule has 7 heteroatoms. The number of hydrogen-bond acceptors (Lipinski definition) is 3. The van der Waals surface area contributed by atoms with E-state index < -0.39 is 40.5 Å². The van der Waals surface area contributed by atoms with Gasteiger partial charge in [0.25, 0.3) is 0 Å². The highest BCUT2D eigenvalue weighted by molar-refractivity contribution is 5.78. The molecular weight excluding hydrogens is 446 g/mol. The molecule has 0 aliphatic heterocycles. The van der Waals surface area contributed by atoms with Crippen molar-refractivity contribution in [1.29, 1.82) is 0 Å². The quantitative estimate of drug-likeness (QED) is 0.0780. The summed E-state index contributed by atoms with van der Waals surface area (Å²) in [7, 11) is 0. The van der Waals surface area contributed by atoms with Crippen molar-refractivity contribution in [2.75, 3.05) is 6.54 Å². The smallest absolute Gasteiger partial charge is 0.362 e. The standard InChI is InChI=1S/C28H51NO6/c1-5-9-10-11-12-13-14-15-16-17-18-19-20-21-22-29(23(6-2)26(30)31,24(7-3)27(32)33)25(8-4)28(34)35/h5,23-25H,1,6-22H2,2-4H3,(H2-,30,31,32,33,34,35)/p+1. The molecule has 0 spiro atoms. The van der Waals surface area contributed by atoms with Crippen LogP contribution < -0.4 is 0 Å². The average Bonchev–Trinajstić information content (AvgIpc) is 2.79. The summed E-state index contributed by atoms with van der Waals surface area (Å²) in [4.78, 5) is 36.6. The summed E-state index contributed by atoms with van der Waals surface area (Å²) in [6.45, 7) is 9.12. The summed E-state index contributed by atoms with van der Waals surface area (Å²) in [5.41, 5.74) is 0. The number of carbonyl (C=O) groups is 3. The van der Waals surface area contributed by atoms with Crippen LogP contribution in [0.3, 0.4) is 0 Å². The molecule has 0 saturated heterocycles. The third kappa shape index (κ3) is 11.1. The molecule has 35 heavy (non-hydrogen) atoms. The molecule has 0 bridgehead atoms. The largest absolute Gasteiger partial charge is 0.477 e. The maximum atomic E-state index is 12.2. The van der Waals surface area contributed by atoms with Crippen LogP contribution in [0.25, 0.3) is 0 Å². The molecule has 3 N–H and O–H groups in total. The Morgan fingerprint density at radius 1 is 0.600 bits per heavy atom. The molecule has 0 aromatic heterocycles. The van der Waals surface area contributed by atoms with Crippen molar-refractivity contribution in [3.63, 3.8) is 0 Å².